The van der Waals surface area contributed by atoms with Crippen molar-refractivity contribution in [2.24, 2.45) is 0 Å². The molecule has 2 aromatic rings. The molecule has 0 unspecified atom stereocenters. The Bertz CT molecular complexity index is 929. The highest BCUT2D eigenvalue weighted by atomic mass is 16.6. The van der Waals surface area contributed by atoms with E-state index in [-0.39, 0.29) is 30.2 Å². The standard InChI is InChI=1S/C20H22N2O8/c1-4-29-18-9-14(15(22(25)26)10-17(18)28-3)20(24)30-12-19(23)21-11-13-7-5-6-8-16(13)27-2/h5-10H,4,11-12H2,1-3H3,(H,21,23). The van der Waals surface area contributed by atoms with Crippen molar-refractivity contribution in [2.45, 2.75) is 13.5 Å². The van der Waals surface area contributed by atoms with Gasteiger partial charge in [0.1, 0.15) is 11.3 Å². The van der Waals surface area contributed by atoms with Gasteiger partial charge in [0.2, 0.25) is 0 Å². The van der Waals surface area contributed by atoms with E-state index >= 15 is 0 Å². The molecule has 1 amide bonds. The summed E-state index contributed by atoms with van der Waals surface area (Å²) in [6, 6.07) is 9.35. The second-order valence-electron chi connectivity index (χ2n) is 5.88. The summed E-state index contributed by atoms with van der Waals surface area (Å²) in [5, 5.41) is 13.9. The predicted octanol–water partition coefficient (Wildman–Crippen LogP) is 2.48. The first kappa shape index (κ1) is 22.5. The SMILES string of the molecule is CCOc1cc(C(=O)OCC(=O)NCc2ccccc2OC)c([N+](=O)[O-])cc1OC. The number of rotatable bonds is 10. The number of nitrogens with zero attached hydrogens (tertiary/aromatic N) is 1. The number of amides is 1. The zero-order chi connectivity index (χ0) is 22.1. The van der Waals surface area contributed by atoms with Crippen LogP contribution in [0.1, 0.15) is 22.8 Å². The van der Waals surface area contributed by atoms with Crippen molar-refractivity contribution in [3.05, 3.63) is 57.6 Å². The number of para-hydroxylation sites is 1. The molecule has 0 aromatic heterocycles. The lowest BCUT2D eigenvalue weighted by atomic mass is 10.1. The number of carbonyl (C=O) groups is 2. The van der Waals surface area contributed by atoms with Crippen LogP contribution in [0.2, 0.25) is 0 Å². The normalized spacial score (nSPS) is 10.1. The van der Waals surface area contributed by atoms with E-state index in [0.717, 1.165) is 17.7 Å². The van der Waals surface area contributed by atoms with Crippen LogP contribution in [-0.2, 0) is 16.1 Å². The van der Waals surface area contributed by atoms with Crippen molar-refractivity contribution in [3.8, 4) is 17.2 Å². The quantitative estimate of drug-likeness (QED) is 0.354. The molecule has 0 aliphatic heterocycles. The first-order valence-electron chi connectivity index (χ1n) is 8.96. The van der Waals surface area contributed by atoms with Gasteiger partial charge < -0.3 is 24.3 Å². The van der Waals surface area contributed by atoms with Crippen LogP contribution in [0.5, 0.6) is 17.2 Å². The Hall–Kier alpha value is -3.82. The van der Waals surface area contributed by atoms with Gasteiger partial charge in [-0.2, -0.15) is 0 Å². The van der Waals surface area contributed by atoms with Crippen molar-refractivity contribution in [3.63, 3.8) is 0 Å². The van der Waals surface area contributed by atoms with E-state index in [2.05, 4.69) is 5.32 Å². The molecule has 0 saturated carbocycles. The Morgan fingerprint density at radius 3 is 2.40 bits per heavy atom. The van der Waals surface area contributed by atoms with Gasteiger partial charge in [0.15, 0.2) is 18.1 Å². The Kier molecular flexibility index (Phi) is 7.98. The van der Waals surface area contributed by atoms with Gasteiger partial charge in [0.25, 0.3) is 11.6 Å². The first-order valence-corrected chi connectivity index (χ1v) is 8.96. The van der Waals surface area contributed by atoms with Gasteiger partial charge in [0, 0.05) is 18.2 Å². The fraction of sp³-hybridized carbons (Fsp3) is 0.300. The first-order chi connectivity index (χ1) is 14.4. The smallest absolute Gasteiger partial charge is 0.345 e. The van der Waals surface area contributed by atoms with E-state index in [9.17, 15) is 19.7 Å². The van der Waals surface area contributed by atoms with E-state index < -0.39 is 29.1 Å². The Morgan fingerprint density at radius 2 is 1.77 bits per heavy atom. The number of hydrogen-bond acceptors (Lipinski definition) is 8. The number of carbonyl (C=O) groups excluding carboxylic acids is 2. The number of ether oxygens (including phenoxy) is 4. The summed E-state index contributed by atoms with van der Waals surface area (Å²) in [6.45, 7) is 1.53. The van der Waals surface area contributed by atoms with Gasteiger partial charge in [-0.3, -0.25) is 14.9 Å². The van der Waals surface area contributed by atoms with Gasteiger partial charge in [-0.15, -0.1) is 0 Å². The molecule has 0 heterocycles. The maximum atomic E-state index is 12.4. The number of methoxy groups -OCH3 is 2. The van der Waals surface area contributed by atoms with Crippen molar-refractivity contribution >= 4 is 17.6 Å². The summed E-state index contributed by atoms with van der Waals surface area (Å²) in [5.41, 5.74) is -0.122. The fourth-order valence-electron chi connectivity index (χ4n) is 2.59. The summed E-state index contributed by atoms with van der Waals surface area (Å²) in [6.07, 6.45) is 0. The highest BCUT2D eigenvalue weighted by Crippen LogP contribution is 2.35. The van der Waals surface area contributed by atoms with Crippen molar-refractivity contribution in [1.29, 1.82) is 0 Å². The number of benzene rings is 2. The van der Waals surface area contributed by atoms with E-state index in [1.807, 2.05) is 0 Å². The summed E-state index contributed by atoms with van der Waals surface area (Å²) in [4.78, 5) is 35.0. The van der Waals surface area contributed by atoms with Gasteiger partial charge in [-0.25, -0.2) is 4.79 Å². The molecule has 10 nitrogen and oxygen atoms in total. The third kappa shape index (κ3) is 5.60. The molecule has 2 rings (SSSR count). The minimum Gasteiger partial charge on any atom is -0.496 e. The van der Waals surface area contributed by atoms with Crippen molar-refractivity contribution in [2.75, 3.05) is 27.4 Å². The van der Waals surface area contributed by atoms with E-state index in [0.29, 0.717) is 5.75 Å². The maximum absolute atomic E-state index is 12.4. The third-order valence-electron chi connectivity index (χ3n) is 4.00. The number of esters is 1. The van der Waals surface area contributed by atoms with E-state index in [1.165, 1.54) is 14.2 Å². The molecule has 0 radical (unpaired) electrons. The molecule has 2 aromatic carbocycles. The number of nitrogens with one attached hydrogen (secondary N) is 1. The lowest BCUT2D eigenvalue weighted by Crippen LogP contribution is -2.28. The van der Waals surface area contributed by atoms with Crippen LogP contribution < -0.4 is 19.5 Å². The van der Waals surface area contributed by atoms with Crippen LogP contribution >= 0.6 is 0 Å². The van der Waals surface area contributed by atoms with Crippen molar-refractivity contribution < 1.29 is 33.5 Å². The number of hydrogen-bond donors (Lipinski definition) is 1. The Labute approximate surface area is 172 Å². The van der Waals surface area contributed by atoms with Gasteiger partial charge in [0.05, 0.1) is 31.8 Å². The lowest BCUT2D eigenvalue weighted by molar-refractivity contribution is -0.385. The summed E-state index contributed by atoms with van der Waals surface area (Å²) in [7, 11) is 2.84. The van der Waals surface area contributed by atoms with Crippen LogP contribution in [0.3, 0.4) is 0 Å². The zero-order valence-corrected chi connectivity index (χ0v) is 16.8. The molecule has 0 saturated heterocycles. The molecular formula is C20H22N2O8. The molecule has 30 heavy (non-hydrogen) atoms. The van der Waals surface area contributed by atoms with Crippen LogP contribution in [-0.4, -0.2) is 44.2 Å². The topological polar surface area (TPSA) is 126 Å². The van der Waals surface area contributed by atoms with Crippen LogP contribution in [0.15, 0.2) is 36.4 Å². The van der Waals surface area contributed by atoms with Crippen LogP contribution in [0.25, 0.3) is 0 Å². The van der Waals surface area contributed by atoms with Gasteiger partial charge in [-0.05, 0) is 13.0 Å². The minimum absolute atomic E-state index is 0.106. The monoisotopic (exact) mass is 418 g/mol. The molecule has 0 aliphatic rings. The predicted molar refractivity (Wildman–Crippen MR) is 106 cm³/mol. The van der Waals surface area contributed by atoms with Gasteiger partial charge in [-0.1, -0.05) is 18.2 Å². The summed E-state index contributed by atoms with van der Waals surface area (Å²) >= 11 is 0. The molecule has 0 spiro atoms. The molecule has 1 N–H and O–H groups in total. The lowest BCUT2D eigenvalue weighted by Gasteiger charge is -2.12. The minimum atomic E-state index is -1.03. The highest BCUT2D eigenvalue weighted by Gasteiger charge is 2.26. The van der Waals surface area contributed by atoms with E-state index in [1.54, 1.807) is 31.2 Å². The maximum Gasteiger partial charge on any atom is 0.345 e. The largest absolute Gasteiger partial charge is 0.496 e. The van der Waals surface area contributed by atoms with Crippen molar-refractivity contribution in [1.82, 2.24) is 5.32 Å². The molecule has 0 fully saturated rings. The fourth-order valence-corrected chi connectivity index (χ4v) is 2.59. The molecule has 10 heteroatoms. The number of nitro benzene ring substituents is 1. The molecular weight excluding hydrogens is 396 g/mol. The van der Waals surface area contributed by atoms with Crippen LogP contribution in [0.4, 0.5) is 5.69 Å². The van der Waals surface area contributed by atoms with Gasteiger partial charge >= 0.3 is 5.97 Å². The zero-order valence-electron chi connectivity index (χ0n) is 16.8. The second kappa shape index (κ2) is 10.6. The summed E-state index contributed by atoms with van der Waals surface area (Å²) < 4.78 is 20.5. The Morgan fingerprint density at radius 1 is 1.07 bits per heavy atom. The highest BCUT2D eigenvalue weighted by molar-refractivity contribution is 5.96. The Balaban J connectivity index is 2.07. The third-order valence-corrected chi connectivity index (χ3v) is 4.00. The average molecular weight is 418 g/mol. The average Bonchev–Trinajstić information content (AvgIpc) is 2.75. The molecule has 0 bridgehead atoms. The number of nitro groups is 1. The van der Waals surface area contributed by atoms with E-state index in [4.69, 9.17) is 18.9 Å². The molecule has 0 aliphatic carbocycles. The van der Waals surface area contributed by atoms with Crippen LogP contribution in [0, 0.1) is 10.1 Å². The summed E-state index contributed by atoms with van der Waals surface area (Å²) in [5.74, 6) is -0.742. The molecule has 0 atom stereocenters. The second-order valence-corrected chi connectivity index (χ2v) is 5.88. The molecule has 160 valence electrons.